The van der Waals surface area contributed by atoms with E-state index in [2.05, 4.69) is 25.9 Å². The molecule has 0 spiro atoms. The standard InChI is InChI=1S/C28H28N6O3/c35-19-29-27-15-18-34(32-27)25-11-7-22(8-12-25)30-21-3-5-23(6-4-21)31-28(37)20-1-9-24(10-2-20)33-16-13-26(36)14-17-33/h1-12,15,18-19,26,30,36H,13-14,16-17H2,(H,31,37)(H,29,32,35). The van der Waals surface area contributed by atoms with Crippen LogP contribution in [0.15, 0.2) is 85.1 Å². The lowest BCUT2D eigenvalue weighted by Crippen LogP contribution is -2.35. The molecule has 3 aromatic carbocycles. The number of aliphatic hydroxyl groups excluding tert-OH is 1. The van der Waals surface area contributed by atoms with E-state index in [0.717, 1.165) is 48.7 Å². The van der Waals surface area contributed by atoms with Gasteiger partial charge in [0.05, 0.1) is 11.8 Å². The predicted molar refractivity (Wildman–Crippen MR) is 145 cm³/mol. The third-order valence-corrected chi connectivity index (χ3v) is 6.32. The van der Waals surface area contributed by atoms with Crippen LogP contribution >= 0.6 is 0 Å². The number of piperidine rings is 1. The maximum atomic E-state index is 12.7. The van der Waals surface area contributed by atoms with Crippen LogP contribution in [0.1, 0.15) is 23.2 Å². The SMILES string of the molecule is O=CNc1ccn(-c2ccc(Nc3ccc(NC(=O)c4ccc(N5CCC(O)CC5)cc4)cc3)cc2)n1. The Morgan fingerprint density at radius 3 is 2.08 bits per heavy atom. The third-order valence-electron chi connectivity index (χ3n) is 6.32. The van der Waals surface area contributed by atoms with Crippen LogP contribution < -0.4 is 20.9 Å². The Balaban J connectivity index is 1.15. The first kappa shape index (κ1) is 24.1. The summed E-state index contributed by atoms with van der Waals surface area (Å²) in [5, 5.41) is 22.8. The number of anilines is 5. The van der Waals surface area contributed by atoms with E-state index in [1.807, 2.05) is 72.8 Å². The smallest absolute Gasteiger partial charge is 0.255 e. The van der Waals surface area contributed by atoms with Crippen LogP contribution in [0.4, 0.5) is 28.6 Å². The second-order valence-electron chi connectivity index (χ2n) is 8.88. The second-order valence-corrected chi connectivity index (χ2v) is 8.88. The van der Waals surface area contributed by atoms with E-state index in [1.54, 1.807) is 16.9 Å². The van der Waals surface area contributed by atoms with Crippen molar-refractivity contribution in [2.45, 2.75) is 18.9 Å². The molecule has 4 aromatic rings. The lowest BCUT2D eigenvalue weighted by Gasteiger charge is -2.31. The zero-order valence-corrected chi connectivity index (χ0v) is 20.2. The molecule has 2 amide bonds. The Bertz CT molecular complexity index is 1340. The van der Waals surface area contributed by atoms with Gasteiger partial charge in [-0.3, -0.25) is 9.59 Å². The number of carbonyl (C=O) groups is 2. The molecule has 188 valence electrons. The summed E-state index contributed by atoms with van der Waals surface area (Å²) in [6.07, 6.45) is 3.70. The second kappa shape index (κ2) is 11.0. The molecule has 1 aliphatic rings. The fourth-order valence-corrected chi connectivity index (χ4v) is 4.26. The van der Waals surface area contributed by atoms with Crippen molar-refractivity contribution in [3.05, 3.63) is 90.6 Å². The minimum absolute atomic E-state index is 0.165. The van der Waals surface area contributed by atoms with E-state index >= 15 is 0 Å². The van der Waals surface area contributed by atoms with Crippen LogP contribution in [0.2, 0.25) is 0 Å². The molecule has 0 aliphatic carbocycles. The van der Waals surface area contributed by atoms with Crippen molar-refractivity contribution < 1.29 is 14.7 Å². The molecule has 0 saturated carbocycles. The van der Waals surface area contributed by atoms with Crippen molar-refractivity contribution in [1.82, 2.24) is 9.78 Å². The zero-order valence-electron chi connectivity index (χ0n) is 20.2. The van der Waals surface area contributed by atoms with E-state index in [-0.39, 0.29) is 12.0 Å². The van der Waals surface area contributed by atoms with E-state index < -0.39 is 0 Å². The fraction of sp³-hybridized carbons (Fsp3) is 0.179. The van der Waals surface area contributed by atoms with E-state index in [4.69, 9.17) is 0 Å². The van der Waals surface area contributed by atoms with Gasteiger partial charge in [0, 0.05) is 53.7 Å². The van der Waals surface area contributed by atoms with Crippen LogP contribution in [-0.4, -0.2) is 46.4 Å². The summed E-state index contributed by atoms with van der Waals surface area (Å²) in [6.45, 7) is 1.64. The first-order chi connectivity index (χ1) is 18.1. The molecular weight excluding hydrogens is 468 g/mol. The molecule has 1 aliphatic heterocycles. The number of amides is 2. The summed E-state index contributed by atoms with van der Waals surface area (Å²) in [5.74, 6) is 0.322. The van der Waals surface area contributed by atoms with Gasteiger partial charge < -0.3 is 26.0 Å². The Morgan fingerprint density at radius 1 is 0.838 bits per heavy atom. The van der Waals surface area contributed by atoms with Crippen molar-refractivity contribution >= 4 is 40.9 Å². The lowest BCUT2D eigenvalue weighted by atomic mass is 10.1. The highest BCUT2D eigenvalue weighted by Crippen LogP contribution is 2.23. The number of hydrogen-bond acceptors (Lipinski definition) is 6. The summed E-state index contributed by atoms with van der Waals surface area (Å²) in [4.78, 5) is 25.5. The number of aliphatic hydroxyl groups is 1. The Hall–Kier alpha value is -4.63. The van der Waals surface area contributed by atoms with Crippen molar-refractivity contribution in [3.63, 3.8) is 0 Å². The van der Waals surface area contributed by atoms with Gasteiger partial charge in [0.15, 0.2) is 5.82 Å². The summed E-state index contributed by atoms with van der Waals surface area (Å²) in [5.41, 5.74) is 5.02. The topological polar surface area (TPSA) is 112 Å². The monoisotopic (exact) mass is 496 g/mol. The summed E-state index contributed by atoms with van der Waals surface area (Å²) in [7, 11) is 0. The van der Waals surface area contributed by atoms with Gasteiger partial charge in [-0.05, 0) is 85.6 Å². The van der Waals surface area contributed by atoms with E-state index in [9.17, 15) is 14.7 Å². The number of carbonyl (C=O) groups excluding carboxylic acids is 2. The average molecular weight is 497 g/mol. The van der Waals surface area contributed by atoms with Gasteiger partial charge in [-0.1, -0.05) is 0 Å². The van der Waals surface area contributed by atoms with Crippen molar-refractivity contribution in [2.24, 2.45) is 0 Å². The first-order valence-electron chi connectivity index (χ1n) is 12.2. The molecule has 0 unspecified atom stereocenters. The molecule has 4 N–H and O–H groups in total. The fourth-order valence-electron chi connectivity index (χ4n) is 4.26. The van der Waals surface area contributed by atoms with Crippen LogP contribution in [0.25, 0.3) is 5.69 Å². The highest BCUT2D eigenvalue weighted by atomic mass is 16.3. The van der Waals surface area contributed by atoms with Gasteiger partial charge in [-0.2, -0.15) is 5.10 Å². The highest BCUT2D eigenvalue weighted by Gasteiger charge is 2.17. The highest BCUT2D eigenvalue weighted by molar-refractivity contribution is 6.04. The lowest BCUT2D eigenvalue weighted by molar-refractivity contribution is -0.105. The van der Waals surface area contributed by atoms with Crippen molar-refractivity contribution in [1.29, 1.82) is 0 Å². The van der Waals surface area contributed by atoms with E-state index in [1.165, 1.54) is 0 Å². The first-order valence-corrected chi connectivity index (χ1v) is 12.2. The van der Waals surface area contributed by atoms with Crippen LogP contribution in [-0.2, 0) is 4.79 Å². The maximum Gasteiger partial charge on any atom is 0.255 e. The van der Waals surface area contributed by atoms with Gasteiger partial charge in [-0.25, -0.2) is 4.68 Å². The van der Waals surface area contributed by atoms with Gasteiger partial charge in [0.25, 0.3) is 5.91 Å². The molecular formula is C28H28N6O3. The van der Waals surface area contributed by atoms with E-state index in [0.29, 0.717) is 23.5 Å². The largest absolute Gasteiger partial charge is 0.393 e. The Labute approximate surface area is 214 Å². The van der Waals surface area contributed by atoms with Gasteiger partial charge in [0.2, 0.25) is 6.41 Å². The number of benzene rings is 3. The van der Waals surface area contributed by atoms with Crippen LogP contribution in [0.5, 0.6) is 0 Å². The summed E-state index contributed by atoms with van der Waals surface area (Å²) >= 11 is 0. The summed E-state index contributed by atoms with van der Waals surface area (Å²) in [6, 6.07) is 24.5. The molecule has 1 aromatic heterocycles. The molecule has 0 radical (unpaired) electrons. The molecule has 1 saturated heterocycles. The van der Waals surface area contributed by atoms with Crippen LogP contribution in [0, 0.1) is 0 Å². The molecule has 0 atom stereocenters. The molecule has 2 heterocycles. The maximum absolute atomic E-state index is 12.7. The number of aromatic nitrogens is 2. The normalized spacial score (nSPS) is 13.7. The minimum atomic E-state index is -0.210. The predicted octanol–water partition coefficient (Wildman–Crippen LogP) is 4.40. The van der Waals surface area contributed by atoms with Gasteiger partial charge in [0.1, 0.15) is 0 Å². The van der Waals surface area contributed by atoms with Gasteiger partial charge in [-0.15, -0.1) is 0 Å². The third kappa shape index (κ3) is 5.96. The molecule has 0 bridgehead atoms. The Morgan fingerprint density at radius 2 is 1.43 bits per heavy atom. The number of rotatable bonds is 8. The number of nitrogens with one attached hydrogen (secondary N) is 3. The molecule has 1 fully saturated rings. The zero-order chi connectivity index (χ0) is 25.6. The quantitative estimate of drug-likeness (QED) is 0.269. The Kier molecular flexibility index (Phi) is 7.14. The number of nitrogens with zero attached hydrogens (tertiary/aromatic N) is 3. The van der Waals surface area contributed by atoms with Crippen molar-refractivity contribution in [3.8, 4) is 5.69 Å². The van der Waals surface area contributed by atoms with Crippen molar-refractivity contribution in [2.75, 3.05) is 33.9 Å². The summed E-state index contributed by atoms with van der Waals surface area (Å²) < 4.78 is 1.68. The number of hydrogen-bond donors (Lipinski definition) is 4. The van der Waals surface area contributed by atoms with Crippen LogP contribution in [0.3, 0.4) is 0 Å². The van der Waals surface area contributed by atoms with Gasteiger partial charge >= 0.3 is 0 Å². The molecule has 37 heavy (non-hydrogen) atoms. The molecule has 5 rings (SSSR count). The molecule has 9 nitrogen and oxygen atoms in total. The minimum Gasteiger partial charge on any atom is -0.393 e. The molecule has 9 heteroatoms. The average Bonchev–Trinajstić information content (AvgIpc) is 3.40.